The minimum Gasteiger partial charge on any atom is -0.726 e. The summed E-state index contributed by atoms with van der Waals surface area (Å²) in [5, 5.41) is 83.3. The number of rotatable bonds is 12. The summed E-state index contributed by atoms with van der Waals surface area (Å²) >= 11 is 0. The highest BCUT2D eigenvalue weighted by Gasteiger charge is 2.59. The van der Waals surface area contributed by atoms with E-state index in [-0.39, 0.29) is 13.2 Å². The molecule has 0 radical (unpaired) electrons. The molecular weight excluding hydrogens is 752 g/mol. The summed E-state index contributed by atoms with van der Waals surface area (Å²) < 4.78 is 127. The maximum Gasteiger partial charge on any atom is 0.218 e. The smallest absolute Gasteiger partial charge is 0.218 e. The van der Waals surface area contributed by atoms with Crippen molar-refractivity contribution in [3.8, 4) is 0 Å². The molecule has 25 nitrogen and oxygen atoms in total. The van der Waals surface area contributed by atoms with Gasteiger partial charge in [-0.05, 0) is 0 Å². The zero-order valence-corrected chi connectivity index (χ0v) is 27.3. The van der Waals surface area contributed by atoms with Gasteiger partial charge in [-0.1, -0.05) is 0 Å². The molecule has 296 valence electrons. The molecule has 0 saturated carbocycles. The van der Waals surface area contributed by atoms with Crippen molar-refractivity contribution in [1.29, 1.82) is 0 Å². The van der Waals surface area contributed by atoms with E-state index in [1.807, 2.05) is 0 Å². The molecule has 6 aliphatic rings. The summed E-state index contributed by atoms with van der Waals surface area (Å²) in [6, 6.07) is 0. The van der Waals surface area contributed by atoms with Gasteiger partial charge in [-0.3, -0.25) is 8.37 Å². The van der Waals surface area contributed by atoms with Gasteiger partial charge in [0, 0.05) is 0 Å². The third-order valence-electron chi connectivity index (χ3n) is 9.10. The lowest BCUT2D eigenvalue weighted by molar-refractivity contribution is -0.369. The average molecular weight is 789 g/mol. The van der Waals surface area contributed by atoms with Crippen LogP contribution in [0, 0.1) is 0 Å². The molecule has 0 aromatic rings. The van der Waals surface area contributed by atoms with Crippen molar-refractivity contribution in [2.45, 2.75) is 123 Å². The first kappa shape index (κ1) is 39.7. The molecule has 0 unspecified atom stereocenters. The highest BCUT2D eigenvalue weighted by atomic mass is 32.3. The molecule has 0 aliphatic carbocycles. The molecule has 6 saturated heterocycles. The predicted octanol–water partition coefficient (Wildman–Crippen LogP) is -8.69. The standard InChI is InChI=1S/C24H38O25S2/c25-1-5-14(48-50(33,34)35)9(27)10(28)22(42-5)45-16-8-4-40-19(16)12(30)23(44-8)47-20-13(31)24(43-6(2-26)17(20)49-51(36,37)38)46-15-7-3-39-18(15)11(29)21(32)41-7/h5-32H,1-4H2,(H,33,34,35)(H,36,37,38)/p-2/t5-,6-,7-,8-,9-,10-,11-,12-,13-,14+,15+,16+,17+,18-,19-,20-,21+,22+,23-,24+/m1/s1. The van der Waals surface area contributed by atoms with Crippen LogP contribution in [-0.2, 0) is 71.8 Å². The first-order chi connectivity index (χ1) is 23.9. The molecule has 27 heteroatoms. The third-order valence-corrected chi connectivity index (χ3v) is 10.0. The molecule has 8 N–H and O–H groups in total. The maximum atomic E-state index is 11.7. The van der Waals surface area contributed by atoms with E-state index in [9.17, 15) is 66.8 Å². The molecular formula is C24H36O25S2-2. The molecule has 0 aromatic heterocycles. The summed E-state index contributed by atoms with van der Waals surface area (Å²) in [5.74, 6) is 0. The first-order valence-electron chi connectivity index (χ1n) is 15.3. The lowest BCUT2D eigenvalue weighted by atomic mass is 9.96. The molecule has 51 heavy (non-hydrogen) atoms. The van der Waals surface area contributed by atoms with Crippen LogP contribution in [0.4, 0.5) is 0 Å². The molecule has 6 aliphatic heterocycles. The van der Waals surface area contributed by atoms with E-state index in [2.05, 4.69) is 8.37 Å². The van der Waals surface area contributed by atoms with Crippen LogP contribution in [0.25, 0.3) is 0 Å². The Balaban J connectivity index is 1.17. The van der Waals surface area contributed by atoms with E-state index in [4.69, 9.17) is 42.6 Å². The average Bonchev–Trinajstić information content (AvgIpc) is 3.54. The van der Waals surface area contributed by atoms with Gasteiger partial charge in [-0.15, -0.1) is 0 Å². The Bertz CT molecular complexity index is 1420. The van der Waals surface area contributed by atoms with Gasteiger partial charge in [0.2, 0.25) is 20.8 Å². The number of hydrogen-bond donors (Lipinski definition) is 8. The van der Waals surface area contributed by atoms with Crippen molar-refractivity contribution < 1.29 is 118 Å². The Hall–Kier alpha value is -0.940. The van der Waals surface area contributed by atoms with Crippen molar-refractivity contribution in [3.63, 3.8) is 0 Å². The van der Waals surface area contributed by atoms with E-state index in [1.54, 1.807) is 0 Å². The first-order valence-corrected chi connectivity index (χ1v) is 18.0. The maximum absolute atomic E-state index is 11.7. The van der Waals surface area contributed by atoms with Gasteiger partial charge in [0.1, 0.15) is 97.7 Å². The number of hydrogen-bond acceptors (Lipinski definition) is 25. The fourth-order valence-corrected chi connectivity index (χ4v) is 7.77. The van der Waals surface area contributed by atoms with Gasteiger partial charge in [0.05, 0.1) is 26.4 Å². The van der Waals surface area contributed by atoms with Crippen LogP contribution in [0.1, 0.15) is 0 Å². The molecule has 4 bridgehead atoms. The second-order valence-corrected chi connectivity index (χ2v) is 14.4. The van der Waals surface area contributed by atoms with Crippen molar-refractivity contribution in [2.75, 3.05) is 26.4 Å². The molecule has 0 spiro atoms. The fourth-order valence-electron chi connectivity index (χ4n) is 6.75. The summed E-state index contributed by atoms with van der Waals surface area (Å²) in [5.41, 5.74) is 0. The molecule has 6 rings (SSSR count). The lowest BCUT2D eigenvalue weighted by Gasteiger charge is -2.48. The van der Waals surface area contributed by atoms with E-state index in [0.29, 0.717) is 0 Å². The van der Waals surface area contributed by atoms with Gasteiger partial charge < -0.3 is 92.6 Å². The second kappa shape index (κ2) is 15.3. The Kier molecular flexibility index (Phi) is 11.9. The van der Waals surface area contributed by atoms with Crippen LogP contribution in [0.5, 0.6) is 0 Å². The van der Waals surface area contributed by atoms with Crippen LogP contribution in [-0.4, -0.2) is 216 Å². The van der Waals surface area contributed by atoms with E-state index >= 15 is 0 Å². The van der Waals surface area contributed by atoms with Gasteiger partial charge >= 0.3 is 0 Å². The van der Waals surface area contributed by atoms with Crippen LogP contribution < -0.4 is 0 Å². The number of aliphatic hydroxyl groups excluding tert-OH is 8. The fraction of sp³-hybridized carbons (Fsp3) is 1.00. The van der Waals surface area contributed by atoms with Crippen molar-refractivity contribution in [2.24, 2.45) is 0 Å². The highest BCUT2D eigenvalue weighted by molar-refractivity contribution is 7.81. The van der Waals surface area contributed by atoms with Crippen LogP contribution >= 0.6 is 0 Å². The minimum absolute atomic E-state index is 0.150. The third kappa shape index (κ3) is 8.21. The Morgan fingerprint density at radius 1 is 0.529 bits per heavy atom. The second-order valence-electron chi connectivity index (χ2n) is 12.3. The molecule has 20 atom stereocenters. The van der Waals surface area contributed by atoms with Crippen LogP contribution in [0.3, 0.4) is 0 Å². The molecule has 0 amide bonds. The monoisotopic (exact) mass is 788 g/mol. The van der Waals surface area contributed by atoms with Crippen molar-refractivity contribution in [3.05, 3.63) is 0 Å². The summed E-state index contributed by atoms with van der Waals surface area (Å²) in [7, 11) is -11.0. The topological polar surface area (TPSA) is 378 Å². The quantitative estimate of drug-likeness (QED) is 0.0672. The highest BCUT2D eigenvalue weighted by Crippen LogP contribution is 2.39. The summed E-state index contributed by atoms with van der Waals surface area (Å²) in [6.45, 7) is -2.51. The molecule has 6 heterocycles. The van der Waals surface area contributed by atoms with E-state index in [0.717, 1.165) is 0 Å². The van der Waals surface area contributed by atoms with Gasteiger partial charge in [-0.2, -0.15) is 0 Å². The summed E-state index contributed by atoms with van der Waals surface area (Å²) in [6.07, 6.45) is -33.7. The Labute approximate surface area is 287 Å². The van der Waals surface area contributed by atoms with Crippen molar-refractivity contribution in [1.82, 2.24) is 0 Å². The van der Waals surface area contributed by atoms with Gasteiger partial charge in [-0.25, -0.2) is 16.8 Å². The summed E-state index contributed by atoms with van der Waals surface area (Å²) in [4.78, 5) is 0. The van der Waals surface area contributed by atoms with E-state index in [1.165, 1.54) is 0 Å². The largest absolute Gasteiger partial charge is 0.726 e. The zero-order chi connectivity index (χ0) is 37.2. The SMILES string of the molecule is O=S(=O)([O-])O[C@@H]1[C@H](O)[C@@H](O)[C@H](O[C@@H]2[C@@H]3OC[C@H]2O[C@H](O[C@@H]2[C@@H](O)[C@H](O[C@@H]4[C@@H]5OC[C@H]4O[C@H](O)[C@@H]5O)O[C@H](CO)[C@@H]2OS(=O)(=O)[O-])[C@@H]3O)O[C@@H]1CO. The van der Waals surface area contributed by atoms with Gasteiger partial charge in [0.15, 0.2) is 25.2 Å². The number of fused-ring (bicyclic) bond motifs is 4. The minimum atomic E-state index is -5.57. The lowest BCUT2D eigenvalue weighted by Crippen LogP contribution is -2.66. The van der Waals surface area contributed by atoms with Crippen LogP contribution in [0.2, 0.25) is 0 Å². The van der Waals surface area contributed by atoms with E-state index < -0.39 is 157 Å². The molecule has 6 fully saturated rings. The zero-order valence-electron chi connectivity index (χ0n) is 25.7. The Morgan fingerprint density at radius 2 is 0.980 bits per heavy atom. The van der Waals surface area contributed by atoms with Crippen LogP contribution in [0.15, 0.2) is 0 Å². The predicted molar refractivity (Wildman–Crippen MR) is 144 cm³/mol. The Morgan fingerprint density at radius 3 is 1.53 bits per heavy atom. The molecule has 0 aromatic carbocycles. The normalized spacial score (nSPS) is 50.4. The number of aliphatic hydroxyl groups is 8. The van der Waals surface area contributed by atoms with Crippen molar-refractivity contribution >= 4 is 20.8 Å². The van der Waals surface area contributed by atoms with Gasteiger partial charge in [0.25, 0.3) is 0 Å². The number of ether oxygens (including phenoxy) is 9.